The number of sulfonamides is 1. The summed E-state index contributed by atoms with van der Waals surface area (Å²) in [7, 11) is -3.81. The number of rotatable bonds is 6. The van der Waals surface area contributed by atoms with Gasteiger partial charge in [0.1, 0.15) is 11.9 Å². The smallest absolute Gasteiger partial charge is 0.240 e. The molecule has 5 nitrogen and oxygen atoms in total. The van der Waals surface area contributed by atoms with Crippen LogP contribution in [0.25, 0.3) is 0 Å². The lowest BCUT2D eigenvalue weighted by atomic mass is 10.1. The highest BCUT2D eigenvalue weighted by atomic mass is 32.2. The van der Waals surface area contributed by atoms with E-state index >= 15 is 0 Å². The van der Waals surface area contributed by atoms with Gasteiger partial charge in [-0.2, -0.15) is 4.72 Å². The number of nitrogens with one attached hydrogen (secondary N) is 1. The van der Waals surface area contributed by atoms with Crippen LogP contribution in [0.2, 0.25) is 0 Å². The van der Waals surface area contributed by atoms with Crippen LogP contribution in [-0.4, -0.2) is 14.3 Å². The Hall–Kier alpha value is -2.25. The van der Waals surface area contributed by atoms with Gasteiger partial charge in [-0.3, -0.25) is 4.79 Å². The van der Waals surface area contributed by atoms with Gasteiger partial charge in [-0.15, -0.1) is 0 Å². The summed E-state index contributed by atoms with van der Waals surface area (Å²) in [6.45, 7) is 0. The number of amides is 1. The Morgan fingerprint density at radius 1 is 1.09 bits per heavy atom. The van der Waals surface area contributed by atoms with E-state index in [2.05, 4.69) is 4.72 Å². The molecule has 22 heavy (non-hydrogen) atoms. The highest BCUT2D eigenvalue weighted by Crippen LogP contribution is 2.15. The standard InChI is InChI=1S/C15H15FN2O3S/c16-13-8-6-11(7-9-13)10-22(20,21)18-14(15(17)19)12-4-2-1-3-5-12/h1-9,14,18H,10H2,(H2,17,19)/t14-/m1/s1. The summed E-state index contributed by atoms with van der Waals surface area (Å²) >= 11 is 0. The maximum absolute atomic E-state index is 12.8. The summed E-state index contributed by atoms with van der Waals surface area (Å²) in [6.07, 6.45) is 0. The molecular formula is C15H15FN2O3S. The Balaban J connectivity index is 2.18. The molecule has 2 aromatic carbocycles. The van der Waals surface area contributed by atoms with Crippen LogP contribution in [0.3, 0.4) is 0 Å². The number of primary amides is 1. The van der Waals surface area contributed by atoms with Gasteiger partial charge >= 0.3 is 0 Å². The fourth-order valence-electron chi connectivity index (χ4n) is 1.96. The minimum absolute atomic E-state index is 0.371. The number of halogens is 1. The van der Waals surface area contributed by atoms with Gasteiger partial charge in [0.2, 0.25) is 15.9 Å². The SMILES string of the molecule is NC(=O)[C@H](NS(=O)(=O)Cc1ccc(F)cc1)c1ccccc1. The fourth-order valence-corrected chi connectivity index (χ4v) is 3.28. The van der Waals surface area contributed by atoms with E-state index in [1.165, 1.54) is 24.3 Å². The molecule has 2 aromatic rings. The molecule has 0 aliphatic rings. The first-order chi connectivity index (χ1) is 10.4. The molecule has 0 unspecified atom stereocenters. The molecule has 0 saturated heterocycles. The van der Waals surface area contributed by atoms with E-state index in [1.54, 1.807) is 30.3 Å². The second kappa shape index (κ2) is 6.67. The van der Waals surface area contributed by atoms with E-state index < -0.39 is 27.8 Å². The van der Waals surface area contributed by atoms with Crippen LogP contribution >= 0.6 is 0 Å². The van der Waals surface area contributed by atoms with Gasteiger partial charge in [0.15, 0.2) is 0 Å². The predicted molar refractivity (Wildman–Crippen MR) is 80.5 cm³/mol. The van der Waals surface area contributed by atoms with Crippen molar-refractivity contribution in [2.75, 3.05) is 0 Å². The molecule has 1 atom stereocenters. The third kappa shape index (κ3) is 4.37. The lowest BCUT2D eigenvalue weighted by Gasteiger charge is -2.16. The highest BCUT2D eigenvalue weighted by molar-refractivity contribution is 7.88. The maximum atomic E-state index is 12.8. The Morgan fingerprint density at radius 3 is 2.23 bits per heavy atom. The van der Waals surface area contributed by atoms with Crippen LogP contribution in [0.1, 0.15) is 17.2 Å². The van der Waals surface area contributed by atoms with Crippen LogP contribution in [0.5, 0.6) is 0 Å². The minimum Gasteiger partial charge on any atom is -0.368 e. The molecule has 3 N–H and O–H groups in total. The maximum Gasteiger partial charge on any atom is 0.240 e. The summed E-state index contributed by atoms with van der Waals surface area (Å²) in [4.78, 5) is 11.5. The molecule has 0 saturated carbocycles. The normalized spacial score (nSPS) is 12.8. The quantitative estimate of drug-likeness (QED) is 0.844. The fraction of sp³-hybridized carbons (Fsp3) is 0.133. The summed E-state index contributed by atoms with van der Waals surface area (Å²) in [5.74, 6) is -1.62. The number of carbonyl (C=O) groups is 1. The summed E-state index contributed by atoms with van der Waals surface area (Å²) in [6, 6.07) is 12.3. The number of nitrogens with two attached hydrogens (primary N) is 1. The second-order valence-electron chi connectivity index (χ2n) is 4.75. The largest absolute Gasteiger partial charge is 0.368 e. The van der Waals surface area contributed by atoms with Crippen molar-refractivity contribution in [3.63, 3.8) is 0 Å². The monoisotopic (exact) mass is 322 g/mol. The zero-order chi connectivity index (χ0) is 16.2. The van der Waals surface area contributed by atoms with Crippen LogP contribution in [-0.2, 0) is 20.6 Å². The molecule has 0 fully saturated rings. The molecular weight excluding hydrogens is 307 g/mol. The predicted octanol–water partition coefficient (Wildman–Crippen LogP) is 1.47. The van der Waals surface area contributed by atoms with E-state index in [0.717, 1.165) is 0 Å². The van der Waals surface area contributed by atoms with Crippen molar-refractivity contribution in [3.05, 3.63) is 71.5 Å². The number of hydrogen-bond donors (Lipinski definition) is 2. The van der Waals surface area contributed by atoms with Crippen molar-refractivity contribution in [1.82, 2.24) is 4.72 Å². The Kier molecular flexibility index (Phi) is 4.89. The van der Waals surface area contributed by atoms with E-state index in [4.69, 9.17) is 5.73 Å². The molecule has 0 bridgehead atoms. The molecule has 0 aliphatic heterocycles. The molecule has 1 amide bonds. The van der Waals surface area contributed by atoms with Gasteiger partial charge in [-0.1, -0.05) is 42.5 Å². The van der Waals surface area contributed by atoms with Crippen LogP contribution in [0.4, 0.5) is 4.39 Å². The first-order valence-electron chi connectivity index (χ1n) is 6.46. The van der Waals surface area contributed by atoms with Gasteiger partial charge in [0, 0.05) is 0 Å². The Bertz CT molecular complexity index is 746. The lowest BCUT2D eigenvalue weighted by Crippen LogP contribution is -2.38. The summed E-state index contributed by atoms with van der Waals surface area (Å²) in [5, 5.41) is 0. The first-order valence-corrected chi connectivity index (χ1v) is 8.11. The Morgan fingerprint density at radius 2 is 1.68 bits per heavy atom. The van der Waals surface area contributed by atoms with Gasteiger partial charge < -0.3 is 5.73 Å². The van der Waals surface area contributed by atoms with Gasteiger partial charge in [0.05, 0.1) is 5.75 Å². The van der Waals surface area contributed by atoms with E-state index in [1.807, 2.05) is 0 Å². The van der Waals surface area contributed by atoms with Gasteiger partial charge in [-0.05, 0) is 23.3 Å². The van der Waals surface area contributed by atoms with E-state index in [9.17, 15) is 17.6 Å². The van der Waals surface area contributed by atoms with Crippen molar-refractivity contribution in [3.8, 4) is 0 Å². The molecule has 0 spiro atoms. The minimum atomic E-state index is -3.81. The number of carbonyl (C=O) groups excluding carboxylic acids is 1. The van der Waals surface area contributed by atoms with Crippen LogP contribution < -0.4 is 10.5 Å². The molecule has 116 valence electrons. The van der Waals surface area contributed by atoms with Gasteiger partial charge in [-0.25, -0.2) is 12.8 Å². The van der Waals surface area contributed by atoms with Crippen molar-refractivity contribution >= 4 is 15.9 Å². The molecule has 0 aromatic heterocycles. The Labute approximate surface area is 128 Å². The lowest BCUT2D eigenvalue weighted by molar-refractivity contribution is -0.119. The average Bonchev–Trinajstić information content (AvgIpc) is 2.48. The van der Waals surface area contributed by atoms with Gasteiger partial charge in [0.25, 0.3) is 0 Å². The first kappa shape index (κ1) is 16.1. The van der Waals surface area contributed by atoms with Crippen molar-refractivity contribution in [2.24, 2.45) is 5.73 Å². The third-order valence-corrected chi connectivity index (χ3v) is 4.29. The summed E-state index contributed by atoms with van der Waals surface area (Å²) < 4.78 is 39.4. The molecule has 2 rings (SSSR count). The van der Waals surface area contributed by atoms with Crippen molar-refractivity contribution < 1.29 is 17.6 Å². The van der Waals surface area contributed by atoms with Crippen molar-refractivity contribution in [1.29, 1.82) is 0 Å². The van der Waals surface area contributed by atoms with E-state index in [0.29, 0.717) is 11.1 Å². The van der Waals surface area contributed by atoms with Crippen molar-refractivity contribution in [2.45, 2.75) is 11.8 Å². The number of hydrogen-bond acceptors (Lipinski definition) is 3. The molecule has 7 heteroatoms. The third-order valence-electron chi connectivity index (χ3n) is 2.98. The molecule has 0 aliphatic carbocycles. The van der Waals surface area contributed by atoms with E-state index in [-0.39, 0.29) is 5.75 Å². The van der Waals surface area contributed by atoms with Crippen LogP contribution in [0.15, 0.2) is 54.6 Å². The topological polar surface area (TPSA) is 89.3 Å². The average molecular weight is 322 g/mol. The molecule has 0 radical (unpaired) electrons. The zero-order valence-corrected chi connectivity index (χ0v) is 12.4. The molecule has 0 heterocycles. The second-order valence-corrected chi connectivity index (χ2v) is 6.50. The highest BCUT2D eigenvalue weighted by Gasteiger charge is 2.24. The van der Waals surface area contributed by atoms with Crippen LogP contribution in [0, 0.1) is 5.82 Å². The number of benzene rings is 2. The summed E-state index contributed by atoms with van der Waals surface area (Å²) in [5.41, 5.74) is 6.14. The zero-order valence-electron chi connectivity index (χ0n) is 11.6.